The number of hydrogen-bond acceptors (Lipinski definition) is 2. The van der Waals surface area contributed by atoms with Gasteiger partial charge in [0.05, 0.1) is 6.04 Å². The van der Waals surface area contributed by atoms with Crippen molar-refractivity contribution in [1.82, 2.24) is 5.32 Å². The molecule has 1 heterocycles. The van der Waals surface area contributed by atoms with Gasteiger partial charge in [0.15, 0.2) is 0 Å². The largest absolute Gasteiger partial charge is 0.444 e. The number of carbonyl (C=O) groups excluding carboxylic acids is 1. The van der Waals surface area contributed by atoms with Crippen molar-refractivity contribution < 1.29 is 9.53 Å². The Hall–Kier alpha value is -0.730. The number of unbranched alkanes of at least 4 members (excludes halogenated alkanes) is 2. The van der Waals surface area contributed by atoms with Gasteiger partial charge in [-0.3, -0.25) is 0 Å². The van der Waals surface area contributed by atoms with Gasteiger partial charge in [0.1, 0.15) is 6.10 Å². The number of alkyl carbamates (subject to hydrolysis) is 1. The molecular weight excluding hydrogens is 214 g/mol. The van der Waals surface area contributed by atoms with Crippen molar-refractivity contribution in [3.05, 3.63) is 0 Å². The quantitative estimate of drug-likeness (QED) is 0.744. The van der Waals surface area contributed by atoms with Crippen molar-refractivity contribution in [2.45, 2.75) is 76.9 Å². The highest BCUT2D eigenvalue weighted by atomic mass is 16.6. The summed E-state index contributed by atoms with van der Waals surface area (Å²) in [5.74, 6) is 0.606. The Morgan fingerprint density at radius 3 is 2.71 bits per heavy atom. The van der Waals surface area contributed by atoms with Crippen molar-refractivity contribution in [2.24, 2.45) is 5.92 Å². The summed E-state index contributed by atoms with van der Waals surface area (Å²) < 4.78 is 5.49. The molecule has 2 fully saturated rings. The Labute approximate surface area is 104 Å². The Morgan fingerprint density at radius 2 is 2.00 bits per heavy atom. The summed E-state index contributed by atoms with van der Waals surface area (Å²) in [5.41, 5.74) is 0. The summed E-state index contributed by atoms with van der Waals surface area (Å²) in [6, 6.07) is 0.275. The van der Waals surface area contributed by atoms with Crippen LogP contribution >= 0.6 is 0 Å². The van der Waals surface area contributed by atoms with Crippen molar-refractivity contribution in [3.8, 4) is 0 Å². The average Bonchev–Trinajstić information content (AvgIpc) is 2.72. The molecule has 0 aromatic heterocycles. The maximum atomic E-state index is 11.4. The monoisotopic (exact) mass is 239 g/mol. The number of carbonyl (C=O) groups is 1. The van der Waals surface area contributed by atoms with Crippen LogP contribution in [-0.4, -0.2) is 18.2 Å². The predicted octanol–water partition coefficient (Wildman–Crippen LogP) is 3.62. The summed E-state index contributed by atoms with van der Waals surface area (Å²) in [6.45, 7) is 2.21. The van der Waals surface area contributed by atoms with Crippen LogP contribution in [0.3, 0.4) is 0 Å². The van der Waals surface area contributed by atoms with Crippen LogP contribution in [0.1, 0.15) is 64.7 Å². The number of amides is 1. The smallest absolute Gasteiger partial charge is 0.407 e. The number of hydrogen-bond donors (Lipinski definition) is 1. The minimum atomic E-state index is -0.193. The van der Waals surface area contributed by atoms with E-state index in [2.05, 4.69) is 12.2 Å². The van der Waals surface area contributed by atoms with Crippen molar-refractivity contribution >= 4 is 6.09 Å². The Bertz CT molecular complexity index is 249. The van der Waals surface area contributed by atoms with Crippen LogP contribution in [0.15, 0.2) is 0 Å². The molecule has 0 radical (unpaired) electrons. The lowest BCUT2D eigenvalue weighted by Crippen LogP contribution is -2.37. The maximum Gasteiger partial charge on any atom is 0.407 e. The first-order valence-corrected chi connectivity index (χ1v) is 7.28. The van der Waals surface area contributed by atoms with Gasteiger partial charge in [-0.05, 0) is 25.2 Å². The maximum absolute atomic E-state index is 11.4. The predicted molar refractivity (Wildman–Crippen MR) is 67.9 cm³/mol. The fourth-order valence-corrected chi connectivity index (χ4v) is 3.21. The highest BCUT2D eigenvalue weighted by Gasteiger charge is 2.39. The fourth-order valence-electron chi connectivity index (χ4n) is 3.21. The second kappa shape index (κ2) is 6.27. The van der Waals surface area contributed by atoms with Gasteiger partial charge in [0, 0.05) is 0 Å². The van der Waals surface area contributed by atoms with Crippen LogP contribution in [0.2, 0.25) is 0 Å². The summed E-state index contributed by atoms with van der Waals surface area (Å²) >= 11 is 0. The van der Waals surface area contributed by atoms with E-state index in [4.69, 9.17) is 4.74 Å². The SMILES string of the molecule is CCCCC[C@H]1NC(=O)O[C@@H]1C1CCCCC1. The van der Waals surface area contributed by atoms with Gasteiger partial charge in [-0.2, -0.15) is 0 Å². The van der Waals surface area contributed by atoms with E-state index >= 15 is 0 Å². The topological polar surface area (TPSA) is 38.3 Å². The second-order valence-electron chi connectivity index (χ2n) is 5.51. The van der Waals surface area contributed by atoms with E-state index in [1.165, 1.54) is 51.4 Å². The Morgan fingerprint density at radius 1 is 1.24 bits per heavy atom. The number of nitrogens with one attached hydrogen (secondary N) is 1. The molecule has 2 rings (SSSR count). The van der Waals surface area contributed by atoms with Crippen LogP contribution in [0.25, 0.3) is 0 Å². The normalized spacial score (nSPS) is 30.1. The second-order valence-corrected chi connectivity index (χ2v) is 5.51. The van der Waals surface area contributed by atoms with Crippen LogP contribution < -0.4 is 5.32 Å². The third kappa shape index (κ3) is 3.36. The van der Waals surface area contributed by atoms with Crippen molar-refractivity contribution in [2.75, 3.05) is 0 Å². The fraction of sp³-hybridized carbons (Fsp3) is 0.929. The minimum absolute atomic E-state index is 0.152. The first-order valence-electron chi connectivity index (χ1n) is 7.28. The first-order chi connectivity index (χ1) is 8.31. The average molecular weight is 239 g/mol. The number of rotatable bonds is 5. The van der Waals surface area contributed by atoms with Crippen LogP contribution in [-0.2, 0) is 4.74 Å². The summed E-state index contributed by atoms with van der Waals surface area (Å²) in [7, 11) is 0. The molecule has 1 aliphatic carbocycles. The van der Waals surface area contributed by atoms with E-state index in [1.54, 1.807) is 0 Å². The molecule has 1 amide bonds. The van der Waals surface area contributed by atoms with E-state index in [0.29, 0.717) is 5.92 Å². The van der Waals surface area contributed by atoms with Crippen LogP contribution in [0.4, 0.5) is 4.79 Å². The highest BCUT2D eigenvalue weighted by Crippen LogP contribution is 2.32. The molecule has 3 heteroatoms. The molecule has 3 nitrogen and oxygen atoms in total. The summed E-state index contributed by atoms with van der Waals surface area (Å²) in [5, 5.41) is 3.00. The van der Waals surface area contributed by atoms with Crippen molar-refractivity contribution in [3.63, 3.8) is 0 Å². The molecule has 17 heavy (non-hydrogen) atoms. The molecule has 1 saturated carbocycles. The van der Waals surface area contributed by atoms with E-state index in [1.807, 2.05) is 0 Å². The highest BCUT2D eigenvalue weighted by molar-refractivity contribution is 5.70. The molecule has 0 aromatic rings. The molecule has 0 unspecified atom stereocenters. The summed E-state index contributed by atoms with van der Waals surface area (Å²) in [6.07, 6.45) is 11.2. The van der Waals surface area contributed by atoms with Gasteiger partial charge >= 0.3 is 6.09 Å². The van der Waals surface area contributed by atoms with Gasteiger partial charge in [-0.25, -0.2) is 4.79 Å². The third-order valence-corrected chi connectivity index (χ3v) is 4.18. The summed E-state index contributed by atoms with van der Waals surface area (Å²) in [4.78, 5) is 11.4. The van der Waals surface area contributed by atoms with Gasteiger partial charge in [-0.15, -0.1) is 0 Å². The van der Waals surface area contributed by atoms with E-state index in [0.717, 1.165) is 6.42 Å². The molecule has 2 aliphatic rings. The Balaban J connectivity index is 1.86. The lowest BCUT2D eigenvalue weighted by molar-refractivity contribution is 0.0720. The van der Waals surface area contributed by atoms with E-state index < -0.39 is 0 Å². The lowest BCUT2D eigenvalue weighted by Gasteiger charge is -2.29. The molecule has 0 aromatic carbocycles. The first kappa shape index (κ1) is 12.7. The molecule has 1 saturated heterocycles. The zero-order chi connectivity index (χ0) is 12.1. The van der Waals surface area contributed by atoms with E-state index in [-0.39, 0.29) is 18.2 Å². The minimum Gasteiger partial charge on any atom is -0.444 e. The van der Waals surface area contributed by atoms with Gasteiger partial charge in [0.2, 0.25) is 0 Å². The number of cyclic esters (lactones) is 1. The van der Waals surface area contributed by atoms with Gasteiger partial charge < -0.3 is 10.1 Å². The van der Waals surface area contributed by atoms with Crippen LogP contribution in [0.5, 0.6) is 0 Å². The lowest BCUT2D eigenvalue weighted by atomic mass is 9.82. The molecule has 2 atom stereocenters. The van der Waals surface area contributed by atoms with Crippen molar-refractivity contribution in [1.29, 1.82) is 0 Å². The molecule has 98 valence electrons. The molecule has 0 bridgehead atoms. The van der Waals surface area contributed by atoms with Crippen LogP contribution in [0, 0.1) is 5.92 Å². The van der Waals surface area contributed by atoms with Gasteiger partial charge in [0.25, 0.3) is 0 Å². The third-order valence-electron chi connectivity index (χ3n) is 4.18. The molecule has 1 N–H and O–H groups in total. The molecular formula is C14H25NO2. The zero-order valence-corrected chi connectivity index (χ0v) is 10.9. The molecule has 0 spiro atoms. The standard InChI is InChI=1S/C14H25NO2/c1-2-3-5-10-12-13(17-14(16)15-12)11-8-6-4-7-9-11/h11-13H,2-10H2,1H3,(H,15,16)/t12-,13-/m1/s1. The van der Waals surface area contributed by atoms with E-state index in [9.17, 15) is 4.79 Å². The zero-order valence-electron chi connectivity index (χ0n) is 10.9. The Kier molecular flexibility index (Phi) is 4.69. The van der Waals surface area contributed by atoms with Gasteiger partial charge in [-0.1, -0.05) is 45.4 Å². The number of ether oxygens (including phenoxy) is 1. The molecule has 1 aliphatic heterocycles.